The summed E-state index contributed by atoms with van der Waals surface area (Å²) < 4.78 is 13.3. The van der Waals surface area contributed by atoms with Gasteiger partial charge in [0.15, 0.2) is 5.78 Å². The number of hydrogen-bond acceptors (Lipinski definition) is 1. The standard InChI is InChI=1S/C13H15FO/c1-2-13(15)11-6-10(7-12(14)8-11)9-4-3-5-9/h6-9H,2-5H2,1H3. The average Bonchev–Trinajstić information content (AvgIpc) is 2.13. The highest BCUT2D eigenvalue weighted by Crippen LogP contribution is 2.36. The predicted octanol–water partition coefficient (Wildman–Crippen LogP) is 3.69. The van der Waals surface area contributed by atoms with E-state index in [9.17, 15) is 9.18 Å². The zero-order valence-electron chi connectivity index (χ0n) is 8.92. The van der Waals surface area contributed by atoms with Crippen molar-refractivity contribution >= 4 is 5.78 Å². The molecule has 0 heterocycles. The summed E-state index contributed by atoms with van der Waals surface area (Å²) in [6.07, 6.45) is 3.91. The van der Waals surface area contributed by atoms with Gasteiger partial charge in [-0.15, -0.1) is 0 Å². The molecular weight excluding hydrogens is 191 g/mol. The average molecular weight is 206 g/mol. The molecule has 0 saturated heterocycles. The Bertz CT molecular complexity index is 380. The Morgan fingerprint density at radius 1 is 1.40 bits per heavy atom. The third kappa shape index (κ3) is 2.09. The van der Waals surface area contributed by atoms with Crippen molar-refractivity contribution in [2.45, 2.75) is 38.5 Å². The smallest absolute Gasteiger partial charge is 0.162 e. The van der Waals surface area contributed by atoms with Crippen LogP contribution >= 0.6 is 0 Å². The fourth-order valence-corrected chi connectivity index (χ4v) is 1.95. The molecule has 80 valence electrons. The number of ketones is 1. The van der Waals surface area contributed by atoms with Crippen LogP contribution in [0, 0.1) is 5.82 Å². The number of benzene rings is 1. The Hall–Kier alpha value is -1.18. The molecule has 2 heteroatoms. The summed E-state index contributed by atoms with van der Waals surface area (Å²) >= 11 is 0. The van der Waals surface area contributed by atoms with Crippen LogP contribution in [0.5, 0.6) is 0 Å². The summed E-state index contributed by atoms with van der Waals surface area (Å²) in [4.78, 5) is 11.5. The molecule has 1 nitrogen and oxygen atoms in total. The van der Waals surface area contributed by atoms with Crippen molar-refractivity contribution < 1.29 is 9.18 Å². The van der Waals surface area contributed by atoms with Crippen molar-refractivity contribution in [3.05, 3.63) is 35.1 Å². The number of rotatable bonds is 3. The Labute approximate surface area is 89.3 Å². The molecule has 0 unspecified atom stereocenters. The lowest BCUT2D eigenvalue weighted by atomic mass is 9.79. The van der Waals surface area contributed by atoms with Crippen LogP contribution in [0.15, 0.2) is 18.2 Å². The van der Waals surface area contributed by atoms with Gasteiger partial charge in [-0.05, 0) is 42.5 Å². The first kappa shape index (κ1) is 10.3. The van der Waals surface area contributed by atoms with Crippen molar-refractivity contribution in [1.29, 1.82) is 0 Å². The van der Waals surface area contributed by atoms with Gasteiger partial charge in [0.1, 0.15) is 5.82 Å². The maximum atomic E-state index is 13.3. The van der Waals surface area contributed by atoms with Gasteiger partial charge in [0.25, 0.3) is 0 Å². The Balaban J connectivity index is 2.31. The van der Waals surface area contributed by atoms with Crippen molar-refractivity contribution in [3.63, 3.8) is 0 Å². The van der Waals surface area contributed by atoms with Gasteiger partial charge < -0.3 is 0 Å². The van der Waals surface area contributed by atoms with Gasteiger partial charge in [-0.1, -0.05) is 13.3 Å². The zero-order valence-corrected chi connectivity index (χ0v) is 8.92. The van der Waals surface area contributed by atoms with Crippen LogP contribution in [0.1, 0.15) is 54.4 Å². The second-order valence-corrected chi connectivity index (χ2v) is 4.18. The summed E-state index contributed by atoms with van der Waals surface area (Å²) in [6.45, 7) is 1.80. The maximum absolute atomic E-state index is 13.3. The molecule has 1 aromatic carbocycles. The number of carbonyl (C=O) groups excluding carboxylic acids is 1. The lowest BCUT2D eigenvalue weighted by Crippen LogP contribution is -2.10. The van der Waals surface area contributed by atoms with Crippen molar-refractivity contribution in [2.24, 2.45) is 0 Å². The molecule has 1 aliphatic carbocycles. The molecule has 1 saturated carbocycles. The fraction of sp³-hybridized carbons (Fsp3) is 0.462. The highest BCUT2D eigenvalue weighted by Gasteiger charge is 2.21. The molecule has 0 aromatic heterocycles. The highest BCUT2D eigenvalue weighted by atomic mass is 19.1. The monoisotopic (exact) mass is 206 g/mol. The SMILES string of the molecule is CCC(=O)c1cc(F)cc(C2CCC2)c1. The van der Waals surface area contributed by atoms with E-state index in [1.165, 1.54) is 12.5 Å². The van der Waals surface area contributed by atoms with E-state index in [1.807, 2.05) is 6.07 Å². The molecule has 0 spiro atoms. The van der Waals surface area contributed by atoms with Gasteiger partial charge >= 0.3 is 0 Å². The lowest BCUT2D eigenvalue weighted by Gasteiger charge is -2.26. The van der Waals surface area contributed by atoms with Crippen LogP contribution in [-0.4, -0.2) is 5.78 Å². The molecule has 15 heavy (non-hydrogen) atoms. The van der Waals surface area contributed by atoms with Gasteiger partial charge in [-0.2, -0.15) is 0 Å². The topological polar surface area (TPSA) is 17.1 Å². The number of halogens is 1. The second kappa shape index (κ2) is 4.13. The maximum Gasteiger partial charge on any atom is 0.162 e. The molecule has 1 aromatic rings. The highest BCUT2D eigenvalue weighted by molar-refractivity contribution is 5.96. The van der Waals surface area contributed by atoms with Crippen LogP contribution in [0.25, 0.3) is 0 Å². The summed E-state index contributed by atoms with van der Waals surface area (Å²) in [6, 6.07) is 4.77. The van der Waals surface area contributed by atoms with Crippen molar-refractivity contribution in [3.8, 4) is 0 Å². The van der Waals surface area contributed by atoms with E-state index in [0.717, 1.165) is 18.4 Å². The van der Waals surface area contributed by atoms with Crippen LogP contribution in [-0.2, 0) is 0 Å². The molecule has 1 fully saturated rings. The molecule has 0 aliphatic heterocycles. The molecule has 0 N–H and O–H groups in total. The van der Waals surface area contributed by atoms with Crippen LogP contribution in [0.2, 0.25) is 0 Å². The van der Waals surface area contributed by atoms with E-state index in [2.05, 4.69) is 0 Å². The third-order valence-electron chi connectivity index (χ3n) is 3.14. The van der Waals surface area contributed by atoms with Crippen molar-refractivity contribution in [2.75, 3.05) is 0 Å². The Morgan fingerprint density at radius 3 is 2.67 bits per heavy atom. The minimum atomic E-state index is -0.281. The van der Waals surface area contributed by atoms with Gasteiger partial charge in [0.05, 0.1) is 0 Å². The minimum Gasteiger partial charge on any atom is -0.294 e. The molecule has 1 aliphatic rings. The van der Waals surface area contributed by atoms with Crippen LogP contribution in [0.4, 0.5) is 4.39 Å². The summed E-state index contributed by atoms with van der Waals surface area (Å²) in [7, 11) is 0. The molecule has 0 atom stereocenters. The Kier molecular flexibility index (Phi) is 2.85. The quantitative estimate of drug-likeness (QED) is 0.689. The first-order chi connectivity index (χ1) is 7.20. The number of Topliss-reactive ketones (excluding diaryl/α,β-unsaturated/α-hetero) is 1. The first-order valence-corrected chi connectivity index (χ1v) is 5.54. The molecule has 0 radical (unpaired) electrons. The van der Waals surface area contributed by atoms with E-state index < -0.39 is 0 Å². The second-order valence-electron chi connectivity index (χ2n) is 4.18. The minimum absolute atomic E-state index is 0.0232. The molecular formula is C13H15FO. The lowest BCUT2D eigenvalue weighted by molar-refractivity contribution is 0.0987. The fourth-order valence-electron chi connectivity index (χ4n) is 1.95. The van der Waals surface area contributed by atoms with E-state index >= 15 is 0 Å². The van der Waals surface area contributed by atoms with Crippen molar-refractivity contribution in [1.82, 2.24) is 0 Å². The summed E-state index contributed by atoms with van der Waals surface area (Å²) in [5.74, 6) is 0.218. The zero-order chi connectivity index (χ0) is 10.8. The molecule has 0 bridgehead atoms. The van der Waals surface area contributed by atoms with Gasteiger partial charge in [-0.3, -0.25) is 4.79 Å². The largest absolute Gasteiger partial charge is 0.294 e. The normalized spacial score (nSPS) is 16.1. The van der Waals surface area contributed by atoms with Crippen LogP contribution in [0.3, 0.4) is 0 Å². The first-order valence-electron chi connectivity index (χ1n) is 5.54. The van der Waals surface area contributed by atoms with E-state index in [4.69, 9.17) is 0 Å². The molecule has 2 rings (SSSR count). The van der Waals surface area contributed by atoms with Gasteiger partial charge in [0.2, 0.25) is 0 Å². The predicted molar refractivity (Wildman–Crippen MR) is 57.6 cm³/mol. The van der Waals surface area contributed by atoms with E-state index in [1.54, 1.807) is 13.0 Å². The Morgan fingerprint density at radius 2 is 2.13 bits per heavy atom. The van der Waals surface area contributed by atoms with Gasteiger partial charge in [0, 0.05) is 12.0 Å². The summed E-state index contributed by atoms with van der Waals surface area (Å²) in [5.41, 5.74) is 1.53. The molecule has 0 amide bonds. The van der Waals surface area contributed by atoms with E-state index in [-0.39, 0.29) is 11.6 Å². The number of carbonyl (C=O) groups is 1. The third-order valence-corrected chi connectivity index (χ3v) is 3.14. The van der Waals surface area contributed by atoms with E-state index in [0.29, 0.717) is 17.9 Å². The van der Waals surface area contributed by atoms with Crippen LogP contribution < -0.4 is 0 Å². The number of hydrogen-bond donors (Lipinski definition) is 0. The summed E-state index contributed by atoms with van der Waals surface area (Å²) in [5, 5.41) is 0. The van der Waals surface area contributed by atoms with Gasteiger partial charge in [-0.25, -0.2) is 4.39 Å².